The lowest BCUT2D eigenvalue weighted by Crippen LogP contribution is -2.46. The molecular formula is C21H25N7O2S. The van der Waals surface area contributed by atoms with Crippen LogP contribution in [0.25, 0.3) is 11.4 Å². The third-order valence-corrected chi connectivity index (χ3v) is 5.81. The standard InChI is InChI=1S/C21H25N7O2S/c1-13-18(14-7-10-22-11-8-14)24-25-19(13)23-17(29)9-12-28-20(26-27-21(28)31)15-3-5-16(30-2)6-4-15/h3-8,10-11,13,18-19,24-25H,9,12H2,1-2H3,(H,23,29)(H,27,31). The van der Waals surface area contributed by atoms with E-state index in [0.29, 0.717) is 17.1 Å². The Hall–Kier alpha value is -3.08. The minimum absolute atomic E-state index is 0.0645. The SMILES string of the molecule is COc1ccc(-c2n[nH]c(=S)n2CCC(=O)NC2NNC(c3ccncc3)C2C)cc1. The molecule has 1 aliphatic rings. The van der Waals surface area contributed by atoms with E-state index in [1.807, 2.05) is 41.0 Å². The third-order valence-electron chi connectivity index (χ3n) is 5.50. The van der Waals surface area contributed by atoms with Crippen LogP contribution in [0.2, 0.25) is 0 Å². The second-order valence-corrected chi connectivity index (χ2v) is 7.82. The van der Waals surface area contributed by atoms with Crippen molar-refractivity contribution in [1.82, 2.24) is 35.9 Å². The van der Waals surface area contributed by atoms with E-state index in [1.165, 1.54) is 0 Å². The summed E-state index contributed by atoms with van der Waals surface area (Å²) in [5.74, 6) is 1.55. The Morgan fingerprint density at radius 3 is 2.65 bits per heavy atom. The van der Waals surface area contributed by atoms with Crippen LogP contribution in [-0.2, 0) is 11.3 Å². The molecule has 31 heavy (non-hydrogen) atoms. The zero-order valence-corrected chi connectivity index (χ0v) is 18.1. The number of hydrogen-bond acceptors (Lipinski definition) is 7. The highest BCUT2D eigenvalue weighted by Crippen LogP contribution is 2.27. The molecule has 162 valence electrons. The number of aromatic nitrogens is 4. The van der Waals surface area contributed by atoms with Gasteiger partial charge in [-0.3, -0.25) is 19.4 Å². The highest BCUT2D eigenvalue weighted by Gasteiger charge is 2.34. The highest BCUT2D eigenvalue weighted by atomic mass is 32.1. The van der Waals surface area contributed by atoms with Gasteiger partial charge >= 0.3 is 0 Å². The number of benzene rings is 1. The van der Waals surface area contributed by atoms with Crippen LogP contribution in [0, 0.1) is 10.7 Å². The molecule has 4 N–H and O–H groups in total. The van der Waals surface area contributed by atoms with Crippen LogP contribution >= 0.6 is 12.2 Å². The normalized spacial score (nSPS) is 20.5. The van der Waals surface area contributed by atoms with Crippen LogP contribution in [0.1, 0.15) is 24.9 Å². The van der Waals surface area contributed by atoms with Gasteiger partial charge in [-0.1, -0.05) is 6.92 Å². The number of methoxy groups -OCH3 is 1. The molecule has 1 fully saturated rings. The van der Waals surface area contributed by atoms with Gasteiger partial charge in [-0.15, -0.1) is 0 Å². The Labute approximate surface area is 185 Å². The summed E-state index contributed by atoms with van der Waals surface area (Å²) in [7, 11) is 1.62. The van der Waals surface area contributed by atoms with Crippen molar-refractivity contribution < 1.29 is 9.53 Å². The Morgan fingerprint density at radius 1 is 1.19 bits per heavy atom. The van der Waals surface area contributed by atoms with Gasteiger partial charge in [0.25, 0.3) is 0 Å². The summed E-state index contributed by atoms with van der Waals surface area (Å²) in [5, 5.41) is 10.2. The first-order chi connectivity index (χ1) is 15.1. The average Bonchev–Trinajstić information content (AvgIpc) is 3.35. The zero-order chi connectivity index (χ0) is 21.8. The predicted molar refractivity (Wildman–Crippen MR) is 118 cm³/mol. The minimum atomic E-state index is -0.177. The summed E-state index contributed by atoms with van der Waals surface area (Å²) in [6.07, 6.45) is 3.64. The second kappa shape index (κ2) is 9.38. The molecule has 3 heterocycles. The van der Waals surface area contributed by atoms with Gasteiger partial charge in [-0.05, 0) is 54.2 Å². The Morgan fingerprint density at radius 2 is 1.94 bits per heavy atom. The monoisotopic (exact) mass is 439 g/mol. The van der Waals surface area contributed by atoms with Gasteiger partial charge in [0.2, 0.25) is 5.91 Å². The summed E-state index contributed by atoms with van der Waals surface area (Å²) < 4.78 is 7.52. The van der Waals surface area contributed by atoms with E-state index < -0.39 is 0 Å². The largest absolute Gasteiger partial charge is 0.497 e. The number of nitrogens with zero attached hydrogens (tertiary/aromatic N) is 3. The quantitative estimate of drug-likeness (QED) is 0.418. The lowest BCUT2D eigenvalue weighted by molar-refractivity contribution is -0.122. The van der Waals surface area contributed by atoms with Crippen LogP contribution in [0.15, 0.2) is 48.8 Å². The number of hydrogen-bond donors (Lipinski definition) is 4. The number of rotatable bonds is 7. The van der Waals surface area contributed by atoms with Crippen LogP contribution in [0.5, 0.6) is 5.75 Å². The Bertz CT molecular complexity index is 1080. The fourth-order valence-electron chi connectivity index (χ4n) is 3.70. The van der Waals surface area contributed by atoms with E-state index in [0.717, 1.165) is 16.9 Å². The number of carbonyl (C=O) groups excluding carboxylic acids is 1. The van der Waals surface area contributed by atoms with Gasteiger partial charge < -0.3 is 10.1 Å². The summed E-state index contributed by atoms with van der Waals surface area (Å²) >= 11 is 5.37. The lowest BCUT2D eigenvalue weighted by atomic mass is 9.95. The zero-order valence-electron chi connectivity index (χ0n) is 17.3. The third kappa shape index (κ3) is 4.66. The van der Waals surface area contributed by atoms with E-state index in [-0.39, 0.29) is 30.5 Å². The van der Waals surface area contributed by atoms with Crippen molar-refractivity contribution in [3.8, 4) is 17.1 Å². The van der Waals surface area contributed by atoms with Gasteiger partial charge in [0.15, 0.2) is 10.6 Å². The fraction of sp³-hybridized carbons (Fsp3) is 0.333. The lowest BCUT2D eigenvalue weighted by Gasteiger charge is -2.20. The first-order valence-corrected chi connectivity index (χ1v) is 10.5. The minimum Gasteiger partial charge on any atom is -0.497 e. The number of nitrogens with one attached hydrogen (secondary N) is 4. The maximum Gasteiger partial charge on any atom is 0.223 e. The molecule has 0 bridgehead atoms. The average molecular weight is 440 g/mol. The molecule has 0 radical (unpaired) electrons. The van der Waals surface area contributed by atoms with Crippen molar-refractivity contribution in [3.05, 3.63) is 59.1 Å². The first kappa shape index (κ1) is 21.2. The molecule has 10 heteroatoms. The summed E-state index contributed by atoms with van der Waals surface area (Å²) in [4.78, 5) is 16.7. The molecule has 9 nitrogen and oxygen atoms in total. The molecular weight excluding hydrogens is 414 g/mol. The summed E-state index contributed by atoms with van der Waals surface area (Å²) in [5.41, 5.74) is 8.45. The number of H-pyrrole nitrogens is 1. The molecule has 0 aliphatic carbocycles. The Balaban J connectivity index is 1.37. The van der Waals surface area contributed by atoms with E-state index in [2.05, 4.69) is 38.3 Å². The summed E-state index contributed by atoms with van der Waals surface area (Å²) in [6.45, 7) is 2.52. The molecule has 1 aromatic carbocycles. The smallest absolute Gasteiger partial charge is 0.223 e. The predicted octanol–water partition coefficient (Wildman–Crippen LogP) is 2.33. The number of aromatic amines is 1. The molecule has 0 saturated carbocycles. The maximum absolute atomic E-state index is 12.6. The number of hydrazine groups is 1. The molecule has 3 unspecified atom stereocenters. The number of ether oxygens (including phenoxy) is 1. The molecule has 0 spiro atoms. The van der Waals surface area contributed by atoms with Gasteiger partial charge in [0, 0.05) is 36.8 Å². The second-order valence-electron chi connectivity index (χ2n) is 7.43. The molecule has 1 saturated heterocycles. The van der Waals surface area contributed by atoms with Crippen molar-refractivity contribution >= 4 is 18.1 Å². The van der Waals surface area contributed by atoms with E-state index in [1.54, 1.807) is 19.5 Å². The number of pyridine rings is 1. The van der Waals surface area contributed by atoms with Crippen LogP contribution in [0.4, 0.5) is 0 Å². The van der Waals surface area contributed by atoms with E-state index >= 15 is 0 Å². The van der Waals surface area contributed by atoms with Gasteiger partial charge in [-0.25, -0.2) is 10.9 Å². The number of amides is 1. The van der Waals surface area contributed by atoms with Crippen molar-refractivity contribution in [2.45, 2.75) is 32.1 Å². The summed E-state index contributed by atoms with van der Waals surface area (Å²) in [6, 6.07) is 11.6. The molecule has 1 amide bonds. The molecule has 3 atom stereocenters. The topological polar surface area (TPSA) is 109 Å². The van der Waals surface area contributed by atoms with Gasteiger partial charge in [-0.2, -0.15) is 5.10 Å². The molecule has 4 rings (SSSR count). The van der Waals surface area contributed by atoms with Crippen molar-refractivity contribution in [3.63, 3.8) is 0 Å². The van der Waals surface area contributed by atoms with Crippen molar-refractivity contribution in [2.75, 3.05) is 7.11 Å². The van der Waals surface area contributed by atoms with E-state index in [9.17, 15) is 4.79 Å². The van der Waals surface area contributed by atoms with Crippen LogP contribution in [0.3, 0.4) is 0 Å². The van der Waals surface area contributed by atoms with Crippen LogP contribution in [-0.4, -0.2) is 38.9 Å². The van der Waals surface area contributed by atoms with Gasteiger partial charge in [0.05, 0.1) is 19.3 Å². The van der Waals surface area contributed by atoms with E-state index in [4.69, 9.17) is 17.0 Å². The van der Waals surface area contributed by atoms with Crippen molar-refractivity contribution in [2.24, 2.45) is 5.92 Å². The molecule has 1 aliphatic heterocycles. The first-order valence-electron chi connectivity index (χ1n) is 10.1. The van der Waals surface area contributed by atoms with Crippen molar-refractivity contribution in [1.29, 1.82) is 0 Å². The molecule has 3 aromatic rings. The van der Waals surface area contributed by atoms with Gasteiger partial charge in [0.1, 0.15) is 5.75 Å². The fourth-order valence-corrected chi connectivity index (χ4v) is 3.93. The molecule has 2 aromatic heterocycles. The maximum atomic E-state index is 12.6. The van der Waals surface area contributed by atoms with Crippen LogP contribution < -0.4 is 20.9 Å². The number of carbonyl (C=O) groups is 1. The highest BCUT2D eigenvalue weighted by molar-refractivity contribution is 7.71. The Kier molecular flexibility index (Phi) is 6.40.